The van der Waals surface area contributed by atoms with Gasteiger partial charge in [0.1, 0.15) is 29.9 Å². The van der Waals surface area contributed by atoms with E-state index in [1.54, 1.807) is 48.9 Å². The van der Waals surface area contributed by atoms with Gasteiger partial charge in [-0.1, -0.05) is 29.8 Å². The number of carbonyl (C=O) groups excluding carboxylic acids is 2. The van der Waals surface area contributed by atoms with Gasteiger partial charge in [0, 0.05) is 31.0 Å². The van der Waals surface area contributed by atoms with E-state index in [-0.39, 0.29) is 11.3 Å². The van der Waals surface area contributed by atoms with Crippen molar-refractivity contribution in [2.75, 3.05) is 6.54 Å². The van der Waals surface area contributed by atoms with E-state index in [1.165, 1.54) is 11.2 Å². The number of likely N-dealkylation sites (tertiary alicyclic amines) is 1. The van der Waals surface area contributed by atoms with Crippen LogP contribution in [0.3, 0.4) is 0 Å². The third-order valence-corrected chi connectivity index (χ3v) is 6.34. The fourth-order valence-electron chi connectivity index (χ4n) is 4.53. The maximum atomic E-state index is 13.1. The van der Waals surface area contributed by atoms with E-state index in [9.17, 15) is 14.7 Å². The first-order chi connectivity index (χ1) is 18.0. The lowest BCUT2D eigenvalue weighted by Crippen LogP contribution is -2.31. The molecule has 1 aliphatic rings. The van der Waals surface area contributed by atoms with E-state index in [0.717, 1.165) is 11.1 Å². The lowest BCUT2D eigenvalue weighted by atomic mass is 9.99. The number of aliphatic hydroxyl groups is 1. The molecule has 1 amide bonds. The van der Waals surface area contributed by atoms with E-state index < -0.39 is 17.7 Å². The topological polar surface area (TPSA) is 97.8 Å². The molecular formula is C29H27N3O5. The molecule has 2 aromatic heterocycles. The Balaban J connectivity index is 1.37. The first-order valence-corrected chi connectivity index (χ1v) is 12.1. The number of amides is 1. The van der Waals surface area contributed by atoms with Crippen molar-refractivity contribution in [1.29, 1.82) is 0 Å². The zero-order valence-corrected chi connectivity index (χ0v) is 20.4. The Hall–Kier alpha value is -4.59. The Morgan fingerprint density at radius 2 is 1.92 bits per heavy atom. The van der Waals surface area contributed by atoms with Gasteiger partial charge in [-0.3, -0.25) is 9.59 Å². The summed E-state index contributed by atoms with van der Waals surface area (Å²) in [4.78, 5) is 31.6. The van der Waals surface area contributed by atoms with Crippen LogP contribution in [0.15, 0.2) is 95.6 Å². The summed E-state index contributed by atoms with van der Waals surface area (Å²) in [5.41, 5.74) is 2.64. The minimum absolute atomic E-state index is 0.0102. The molecule has 1 N–H and O–H groups in total. The number of rotatable bonds is 9. The molecule has 4 aromatic rings. The highest BCUT2D eigenvalue weighted by atomic mass is 16.5. The monoisotopic (exact) mass is 497 g/mol. The zero-order valence-electron chi connectivity index (χ0n) is 20.4. The standard InChI is InChI=1S/C29H27N3O5/c1-20-5-2-6-21(17-20)18-37-23-10-8-22(9-11-23)27(33)25-26(24-7-3-16-36-24)32(29(35)28(25)34)14-4-13-31-15-12-30-19-31/h2-3,5-12,15-17,19,26,33H,4,13-14,18H2,1H3/b27-25+/t26-/m0/s1. The van der Waals surface area contributed by atoms with Crippen molar-refractivity contribution < 1.29 is 23.8 Å². The number of ketones is 1. The molecule has 0 spiro atoms. The molecule has 2 aromatic carbocycles. The Bertz CT molecular complexity index is 1410. The van der Waals surface area contributed by atoms with E-state index in [1.807, 2.05) is 35.9 Å². The SMILES string of the molecule is Cc1cccc(COc2ccc(/C(O)=C3\C(=O)C(=O)N(CCCn4ccnc4)[C@H]3c3ccco3)cc2)c1. The van der Waals surface area contributed by atoms with Gasteiger partial charge in [0.15, 0.2) is 0 Å². The van der Waals surface area contributed by atoms with Crippen molar-refractivity contribution >= 4 is 17.4 Å². The highest BCUT2D eigenvalue weighted by molar-refractivity contribution is 6.46. The Labute approximate surface area is 214 Å². The molecule has 1 aliphatic heterocycles. The summed E-state index contributed by atoms with van der Waals surface area (Å²) in [6, 6.07) is 17.5. The Morgan fingerprint density at radius 1 is 1.08 bits per heavy atom. The summed E-state index contributed by atoms with van der Waals surface area (Å²) in [6.45, 7) is 3.39. The molecule has 0 radical (unpaired) electrons. The molecule has 1 atom stereocenters. The Morgan fingerprint density at radius 3 is 2.62 bits per heavy atom. The van der Waals surface area contributed by atoms with Gasteiger partial charge in [-0.25, -0.2) is 4.98 Å². The average molecular weight is 498 g/mol. The number of ether oxygens (including phenoxy) is 1. The predicted octanol–water partition coefficient (Wildman–Crippen LogP) is 4.88. The number of aryl methyl sites for hydroxylation is 2. The fourth-order valence-corrected chi connectivity index (χ4v) is 4.53. The number of imidazole rings is 1. The van der Waals surface area contributed by atoms with Crippen molar-refractivity contribution in [2.45, 2.75) is 32.5 Å². The van der Waals surface area contributed by atoms with Crippen molar-refractivity contribution in [3.8, 4) is 5.75 Å². The van der Waals surface area contributed by atoms with E-state index in [4.69, 9.17) is 9.15 Å². The summed E-state index contributed by atoms with van der Waals surface area (Å²) in [5.74, 6) is -0.600. The molecule has 5 rings (SSSR count). The minimum Gasteiger partial charge on any atom is -0.507 e. The second-order valence-corrected chi connectivity index (χ2v) is 8.96. The summed E-state index contributed by atoms with van der Waals surface area (Å²) in [5, 5.41) is 11.2. The third-order valence-electron chi connectivity index (χ3n) is 6.34. The van der Waals surface area contributed by atoms with Gasteiger partial charge in [0.2, 0.25) is 0 Å². The highest BCUT2D eigenvalue weighted by Gasteiger charge is 2.47. The van der Waals surface area contributed by atoms with Crippen LogP contribution in [0.5, 0.6) is 5.75 Å². The predicted molar refractivity (Wildman–Crippen MR) is 137 cm³/mol. The van der Waals surface area contributed by atoms with Gasteiger partial charge < -0.3 is 23.7 Å². The molecule has 0 bridgehead atoms. The van der Waals surface area contributed by atoms with Crippen LogP contribution in [0.25, 0.3) is 5.76 Å². The van der Waals surface area contributed by atoms with Crippen LogP contribution in [0.4, 0.5) is 0 Å². The molecule has 3 heterocycles. The minimum atomic E-state index is -0.810. The van der Waals surface area contributed by atoms with Crippen LogP contribution >= 0.6 is 0 Å². The van der Waals surface area contributed by atoms with Gasteiger partial charge >= 0.3 is 0 Å². The zero-order chi connectivity index (χ0) is 25.8. The molecular weight excluding hydrogens is 470 g/mol. The van der Waals surface area contributed by atoms with Crippen LogP contribution in [0.2, 0.25) is 0 Å². The number of aromatic nitrogens is 2. The number of aliphatic hydroxyl groups excluding tert-OH is 1. The highest BCUT2D eigenvalue weighted by Crippen LogP contribution is 2.39. The molecule has 1 fully saturated rings. The number of furan rings is 1. The van der Waals surface area contributed by atoms with Crippen molar-refractivity contribution in [3.05, 3.63) is 114 Å². The second kappa shape index (κ2) is 10.6. The normalized spacial score (nSPS) is 16.9. The second-order valence-electron chi connectivity index (χ2n) is 8.96. The lowest BCUT2D eigenvalue weighted by Gasteiger charge is -2.23. The molecule has 0 unspecified atom stereocenters. The molecule has 0 saturated carbocycles. The number of hydrogen-bond acceptors (Lipinski definition) is 6. The number of nitrogens with zero attached hydrogens (tertiary/aromatic N) is 3. The van der Waals surface area contributed by atoms with Gasteiger partial charge in [-0.15, -0.1) is 0 Å². The lowest BCUT2D eigenvalue weighted by molar-refractivity contribution is -0.140. The van der Waals surface area contributed by atoms with Crippen LogP contribution in [-0.4, -0.2) is 37.8 Å². The molecule has 188 valence electrons. The van der Waals surface area contributed by atoms with E-state index in [2.05, 4.69) is 11.1 Å². The summed E-state index contributed by atoms with van der Waals surface area (Å²) in [6.07, 6.45) is 7.32. The summed E-state index contributed by atoms with van der Waals surface area (Å²) in [7, 11) is 0. The smallest absolute Gasteiger partial charge is 0.295 e. The third kappa shape index (κ3) is 5.18. The number of Topliss-reactive ketones (excluding diaryl/α,β-unsaturated/α-hetero) is 1. The van der Waals surface area contributed by atoms with Crippen molar-refractivity contribution in [3.63, 3.8) is 0 Å². The summed E-state index contributed by atoms with van der Waals surface area (Å²) < 4.78 is 13.4. The molecule has 8 nitrogen and oxygen atoms in total. The number of carbonyl (C=O) groups is 2. The maximum Gasteiger partial charge on any atom is 0.295 e. The molecule has 0 aliphatic carbocycles. The van der Waals surface area contributed by atoms with Crippen LogP contribution in [-0.2, 0) is 22.7 Å². The number of hydrogen-bond donors (Lipinski definition) is 1. The molecule has 37 heavy (non-hydrogen) atoms. The Kier molecular flexibility index (Phi) is 6.89. The first-order valence-electron chi connectivity index (χ1n) is 12.1. The quantitative estimate of drug-likeness (QED) is 0.201. The summed E-state index contributed by atoms with van der Waals surface area (Å²) >= 11 is 0. The van der Waals surface area contributed by atoms with Gasteiger partial charge in [0.25, 0.3) is 11.7 Å². The molecule has 1 saturated heterocycles. The van der Waals surface area contributed by atoms with Gasteiger partial charge in [-0.05, 0) is 55.3 Å². The number of benzene rings is 2. The maximum absolute atomic E-state index is 13.1. The fraction of sp³-hybridized carbons (Fsp3) is 0.207. The van der Waals surface area contributed by atoms with Crippen molar-refractivity contribution in [2.24, 2.45) is 0 Å². The van der Waals surface area contributed by atoms with Crippen LogP contribution < -0.4 is 4.74 Å². The molecule has 8 heteroatoms. The van der Waals surface area contributed by atoms with Crippen molar-refractivity contribution in [1.82, 2.24) is 14.5 Å². The van der Waals surface area contributed by atoms with Gasteiger partial charge in [-0.2, -0.15) is 0 Å². The van der Waals surface area contributed by atoms with E-state index in [0.29, 0.717) is 43.2 Å². The van der Waals surface area contributed by atoms with E-state index >= 15 is 0 Å². The largest absolute Gasteiger partial charge is 0.507 e. The average Bonchev–Trinajstić information content (AvgIpc) is 3.67. The van der Waals surface area contributed by atoms with Crippen LogP contribution in [0.1, 0.15) is 34.9 Å². The van der Waals surface area contributed by atoms with Gasteiger partial charge in [0.05, 0.1) is 18.2 Å². The first kappa shape index (κ1) is 24.1. The van der Waals surface area contributed by atoms with Crippen LogP contribution in [0, 0.1) is 6.92 Å².